The van der Waals surface area contributed by atoms with Crippen molar-refractivity contribution in [1.82, 2.24) is 10.2 Å². The van der Waals surface area contributed by atoms with Crippen molar-refractivity contribution < 1.29 is 23.4 Å². The lowest BCUT2D eigenvalue weighted by Gasteiger charge is -2.17. The summed E-state index contributed by atoms with van der Waals surface area (Å²) in [4.78, 5) is 0. The van der Waals surface area contributed by atoms with Crippen LogP contribution in [-0.4, -0.2) is 33.1 Å². The van der Waals surface area contributed by atoms with E-state index in [0.717, 1.165) is 6.20 Å². The minimum Gasteiger partial charge on any atom is -0.390 e. The van der Waals surface area contributed by atoms with E-state index in [-0.39, 0.29) is 13.0 Å². The molecule has 0 amide bonds. The van der Waals surface area contributed by atoms with E-state index in [1.54, 1.807) is 5.10 Å². The highest BCUT2D eigenvalue weighted by molar-refractivity contribution is 5.22. The SMILES string of the molecule is NCCC(O)C(O)c1cn[nH]c1C(F)(F)F. The summed E-state index contributed by atoms with van der Waals surface area (Å²) in [6.07, 6.45) is -6.80. The number of aliphatic hydroxyl groups is 2. The molecule has 0 bridgehead atoms. The number of H-pyrrole nitrogens is 1. The van der Waals surface area contributed by atoms with Crippen LogP contribution in [0.1, 0.15) is 23.8 Å². The summed E-state index contributed by atoms with van der Waals surface area (Å²) in [5.41, 5.74) is 3.49. The molecule has 1 aromatic heterocycles. The number of nitrogens with zero attached hydrogens (tertiary/aromatic N) is 1. The number of nitrogens with one attached hydrogen (secondary N) is 1. The molecule has 0 radical (unpaired) electrons. The predicted octanol–water partition coefficient (Wildman–Crippen LogP) is 0.172. The van der Waals surface area contributed by atoms with Crippen LogP contribution in [0.4, 0.5) is 13.2 Å². The Morgan fingerprint density at radius 3 is 2.56 bits per heavy atom. The average Bonchev–Trinajstić information content (AvgIpc) is 2.64. The van der Waals surface area contributed by atoms with E-state index in [1.165, 1.54) is 0 Å². The topological polar surface area (TPSA) is 95.2 Å². The monoisotopic (exact) mass is 239 g/mol. The van der Waals surface area contributed by atoms with Crippen molar-refractivity contribution in [2.45, 2.75) is 24.8 Å². The second kappa shape index (κ2) is 4.81. The Bertz CT molecular complexity index is 340. The first-order valence-electron chi connectivity index (χ1n) is 4.54. The minimum atomic E-state index is -4.64. The molecule has 8 heteroatoms. The largest absolute Gasteiger partial charge is 0.433 e. The van der Waals surface area contributed by atoms with Crippen LogP contribution in [0.2, 0.25) is 0 Å². The molecule has 0 aliphatic carbocycles. The Labute approximate surface area is 89.1 Å². The third-order valence-electron chi connectivity index (χ3n) is 2.10. The highest BCUT2D eigenvalue weighted by Gasteiger charge is 2.38. The minimum absolute atomic E-state index is 0.00361. The fourth-order valence-electron chi connectivity index (χ4n) is 1.28. The zero-order valence-corrected chi connectivity index (χ0v) is 8.20. The highest BCUT2D eigenvalue weighted by atomic mass is 19.4. The third kappa shape index (κ3) is 2.71. The third-order valence-corrected chi connectivity index (χ3v) is 2.10. The normalized spacial score (nSPS) is 16.1. The maximum absolute atomic E-state index is 12.4. The van der Waals surface area contributed by atoms with Gasteiger partial charge in [-0.1, -0.05) is 0 Å². The van der Waals surface area contributed by atoms with Crippen LogP contribution in [0.5, 0.6) is 0 Å². The Hall–Kier alpha value is -1.12. The van der Waals surface area contributed by atoms with Gasteiger partial charge in [-0.05, 0) is 13.0 Å². The van der Waals surface area contributed by atoms with E-state index in [4.69, 9.17) is 5.73 Å². The highest BCUT2D eigenvalue weighted by Crippen LogP contribution is 2.33. The van der Waals surface area contributed by atoms with Crippen molar-refractivity contribution in [3.63, 3.8) is 0 Å². The van der Waals surface area contributed by atoms with E-state index in [0.29, 0.717) is 0 Å². The predicted molar refractivity (Wildman–Crippen MR) is 48.2 cm³/mol. The maximum atomic E-state index is 12.4. The van der Waals surface area contributed by atoms with Gasteiger partial charge in [0.05, 0.1) is 12.3 Å². The molecule has 2 unspecified atom stereocenters. The quantitative estimate of drug-likeness (QED) is 0.602. The molecule has 5 N–H and O–H groups in total. The number of halogens is 3. The average molecular weight is 239 g/mol. The van der Waals surface area contributed by atoms with E-state index >= 15 is 0 Å². The first kappa shape index (κ1) is 12.9. The summed E-state index contributed by atoms with van der Waals surface area (Å²) in [5.74, 6) is 0. The van der Waals surface area contributed by atoms with Crippen LogP contribution in [0.25, 0.3) is 0 Å². The van der Waals surface area contributed by atoms with E-state index < -0.39 is 29.6 Å². The number of aromatic nitrogens is 2. The van der Waals surface area contributed by atoms with Crippen LogP contribution in [0, 0.1) is 0 Å². The standard InChI is InChI=1S/C8H12F3N3O2/c9-8(10,11)7-4(3-13-14-7)6(16)5(15)1-2-12/h3,5-6,15-16H,1-2,12H2,(H,13,14). The number of hydrogen-bond acceptors (Lipinski definition) is 4. The molecule has 16 heavy (non-hydrogen) atoms. The summed E-state index contributed by atoms with van der Waals surface area (Å²) in [6, 6.07) is 0. The van der Waals surface area contributed by atoms with Gasteiger partial charge in [0, 0.05) is 5.56 Å². The van der Waals surface area contributed by atoms with E-state index in [9.17, 15) is 23.4 Å². The summed E-state index contributed by atoms with van der Waals surface area (Å²) in [5, 5.41) is 23.8. The van der Waals surface area contributed by atoms with Gasteiger partial charge in [-0.15, -0.1) is 0 Å². The molecule has 0 spiro atoms. The van der Waals surface area contributed by atoms with Gasteiger partial charge in [0.25, 0.3) is 0 Å². The van der Waals surface area contributed by atoms with Gasteiger partial charge in [-0.2, -0.15) is 18.3 Å². The van der Waals surface area contributed by atoms with Crippen molar-refractivity contribution in [3.8, 4) is 0 Å². The molecule has 0 aromatic carbocycles. The van der Waals surface area contributed by atoms with Crippen LogP contribution in [-0.2, 0) is 6.18 Å². The van der Waals surface area contributed by atoms with Crippen molar-refractivity contribution in [2.24, 2.45) is 5.73 Å². The van der Waals surface area contributed by atoms with Crippen molar-refractivity contribution >= 4 is 0 Å². The summed E-state index contributed by atoms with van der Waals surface area (Å²) in [6.45, 7) is 0.0669. The number of hydrogen-bond donors (Lipinski definition) is 4. The maximum Gasteiger partial charge on any atom is 0.433 e. The fraction of sp³-hybridized carbons (Fsp3) is 0.625. The molecule has 1 rings (SSSR count). The molecule has 0 aliphatic rings. The smallest absolute Gasteiger partial charge is 0.390 e. The van der Waals surface area contributed by atoms with Gasteiger partial charge in [-0.25, -0.2) is 0 Å². The molecule has 92 valence electrons. The molecule has 0 fully saturated rings. The molecular weight excluding hydrogens is 227 g/mol. The molecule has 2 atom stereocenters. The van der Waals surface area contributed by atoms with Crippen LogP contribution in [0.15, 0.2) is 6.20 Å². The Balaban J connectivity index is 2.92. The Morgan fingerprint density at radius 1 is 1.44 bits per heavy atom. The fourth-order valence-corrected chi connectivity index (χ4v) is 1.28. The summed E-state index contributed by atoms with van der Waals surface area (Å²) in [7, 11) is 0. The van der Waals surface area contributed by atoms with Crippen molar-refractivity contribution in [1.29, 1.82) is 0 Å². The Kier molecular flexibility index (Phi) is 3.89. The number of alkyl halides is 3. The number of aromatic amines is 1. The molecular formula is C8H12F3N3O2. The zero-order valence-electron chi connectivity index (χ0n) is 8.20. The van der Waals surface area contributed by atoms with Gasteiger partial charge in [0.2, 0.25) is 0 Å². The van der Waals surface area contributed by atoms with E-state index in [2.05, 4.69) is 5.10 Å². The van der Waals surface area contributed by atoms with Gasteiger partial charge >= 0.3 is 6.18 Å². The van der Waals surface area contributed by atoms with Gasteiger partial charge in [0.1, 0.15) is 11.8 Å². The number of rotatable bonds is 4. The van der Waals surface area contributed by atoms with Crippen molar-refractivity contribution in [2.75, 3.05) is 6.54 Å². The molecule has 5 nitrogen and oxygen atoms in total. The van der Waals surface area contributed by atoms with Crippen molar-refractivity contribution in [3.05, 3.63) is 17.5 Å². The number of aliphatic hydroxyl groups excluding tert-OH is 2. The molecule has 0 saturated heterocycles. The lowest BCUT2D eigenvalue weighted by Crippen LogP contribution is -2.23. The second-order valence-electron chi connectivity index (χ2n) is 3.29. The molecule has 0 aliphatic heterocycles. The van der Waals surface area contributed by atoms with Crippen LogP contribution in [0.3, 0.4) is 0 Å². The summed E-state index contributed by atoms with van der Waals surface area (Å²) >= 11 is 0. The first-order chi connectivity index (χ1) is 7.38. The van der Waals surface area contributed by atoms with Gasteiger partial charge in [-0.3, -0.25) is 5.10 Å². The Morgan fingerprint density at radius 2 is 2.06 bits per heavy atom. The lowest BCUT2D eigenvalue weighted by atomic mass is 10.0. The van der Waals surface area contributed by atoms with Crippen LogP contribution >= 0.6 is 0 Å². The van der Waals surface area contributed by atoms with Crippen LogP contribution < -0.4 is 5.73 Å². The number of nitrogens with two attached hydrogens (primary N) is 1. The van der Waals surface area contributed by atoms with Gasteiger partial charge in [0.15, 0.2) is 0 Å². The van der Waals surface area contributed by atoms with Gasteiger partial charge < -0.3 is 15.9 Å². The van der Waals surface area contributed by atoms with E-state index in [1.807, 2.05) is 0 Å². The molecule has 0 saturated carbocycles. The zero-order chi connectivity index (χ0) is 12.3. The summed E-state index contributed by atoms with van der Waals surface area (Å²) < 4.78 is 37.2. The molecule has 1 aromatic rings. The first-order valence-corrected chi connectivity index (χ1v) is 4.54. The lowest BCUT2D eigenvalue weighted by molar-refractivity contribution is -0.143. The molecule has 1 heterocycles. The second-order valence-corrected chi connectivity index (χ2v) is 3.29.